The van der Waals surface area contributed by atoms with E-state index in [1.54, 1.807) is 0 Å². The van der Waals surface area contributed by atoms with Crippen LogP contribution in [0.2, 0.25) is 0 Å². The second kappa shape index (κ2) is 22.6. The van der Waals surface area contributed by atoms with E-state index >= 15 is 0 Å². The maximum Gasteiger partial charge on any atom is 0.238 e. The van der Waals surface area contributed by atoms with Gasteiger partial charge in [0.1, 0.15) is 11.2 Å². The average molecular weight is 1130 g/mol. The summed E-state index contributed by atoms with van der Waals surface area (Å²) in [4.78, 5) is 19.5. The van der Waals surface area contributed by atoms with Crippen molar-refractivity contribution in [1.82, 2.24) is 15.0 Å². The average Bonchev–Trinajstić information content (AvgIpc) is 2.18. The second-order valence-corrected chi connectivity index (χ2v) is 30.8. The number of aryl methyl sites for hydroxylation is 1. The van der Waals surface area contributed by atoms with E-state index in [0.29, 0.717) is 23.5 Å². The summed E-state index contributed by atoms with van der Waals surface area (Å²) < 4.78 is 7.63. The zero-order valence-electron chi connectivity index (χ0n) is 48.3. The molecule has 1 unspecified atom stereocenters. The molecule has 7 heteroatoms. The van der Waals surface area contributed by atoms with Crippen molar-refractivity contribution in [3.63, 3.8) is 0 Å². The number of hydrogen-bond donors (Lipinski definition) is 0. The van der Waals surface area contributed by atoms with E-state index in [1.165, 1.54) is 59.9 Å². The zero-order valence-corrected chi connectivity index (χ0v) is 50.3. The highest BCUT2D eigenvalue weighted by atomic mass is 28.3. The lowest BCUT2D eigenvalue weighted by Gasteiger charge is -2.34. The van der Waals surface area contributed by atoms with E-state index in [9.17, 15) is 0 Å². The Labute approximate surface area is 501 Å². The fourth-order valence-corrected chi connectivity index (χ4v) is 24.0. The monoisotopic (exact) mass is 1130 g/mol. The summed E-state index contributed by atoms with van der Waals surface area (Å²) >= 11 is 0. The van der Waals surface area contributed by atoms with Crippen LogP contribution in [0.25, 0.3) is 44.7 Å². The van der Waals surface area contributed by atoms with Gasteiger partial charge in [0.25, 0.3) is 0 Å². The third-order valence-corrected chi connectivity index (χ3v) is 27.9. The number of fused-ring (bicyclic) bond motifs is 3. The van der Waals surface area contributed by atoms with Crippen LogP contribution < -0.4 is 46.4 Å². The molecule has 2 atom stereocenters. The van der Waals surface area contributed by atoms with E-state index in [-0.39, 0.29) is 5.41 Å². The molecule has 1 saturated carbocycles. The van der Waals surface area contributed by atoms with Gasteiger partial charge in [-0.15, -0.1) is 0 Å². The molecule has 0 N–H and O–H groups in total. The lowest BCUT2D eigenvalue weighted by molar-refractivity contribution is 0.446. The van der Waals surface area contributed by atoms with Crippen molar-refractivity contribution in [2.75, 3.05) is 4.90 Å². The van der Waals surface area contributed by atoms with Crippen LogP contribution in [0, 0.1) is 12.8 Å². The van der Waals surface area contributed by atoms with Gasteiger partial charge in [0.05, 0.1) is 16.9 Å². The molecule has 13 aromatic rings. The summed E-state index contributed by atoms with van der Waals surface area (Å²) in [6, 6.07) is 106. The van der Waals surface area contributed by atoms with Crippen molar-refractivity contribution >= 4 is 96.9 Å². The molecule has 0 aliphatic heterocycles. The number of hydrogen-bond acceptors (Lipinski definition) is 5. The first kappa shape index (κ1) is 53.5. The third-order valence-electron chi connectivity index (χ3n) is 18.4. The van der Waals surface area contributed by atoms with Crippen LogP contribution >= 0.6 is 0 Å². The topological polar surface area (TPSA) is 55.1 Å². The third kappa shape index (κ3) is 9.26. The van der Waals surface area contributed by atoms with Crippen LogP contribution in [0.3, 0.4) is 0 Å². The minimum Gasteiger partial charge on any atom is -0.455 e. The standard InChI is InChI=1S/C78H66N4OSi2/c1-4-57-52-53-78(3,55-57)69-48-24-26-50-71(69)82(70-49-25-23-30-56(70)2)77-80-75(58-31-27-44-65(54-58)84(59-32-11-5-12-33-59,60-34-13-6-14-35-60)61-36-15-7-16-37-61)79-76(81-77)68-47-28-45-66-67-46-29-51-72(74(67)83-73(66)68)85(62-38-17-8-18-39-62,63-40-19-9-20-41-63)64-42-21-10-22-43-64/h5-51,54,57H,4,52-53,55H2,1-3H3/t57?,78-/m0/s1. The number of benzene rings is 11. The normalized spacial score (nSPS) is 15.3. The highest BCUT2D eigenvalue weighted by Gasteiger charge is 2.45. The molecule has 412 valence electrons. The van der Waals surface area contributed by atoms with Gasteiger partial charge >= 0.3 is 0 Å². The number of nitrogens with zero attached hydrogens (tertiary/aromatic N) is 4. The lowest BCUT2D eigenvalue weighted by Crippen LogP contribution is -2.74. The number of anilines is 3. The molecule has 1 fully saturated rings. The van der Waals surface area contributed by atoms with Crippen LogP contribution in [-0.2, 0) is 5.41 Å². The number of furan rings is 1. The maximum atomic E-state index is 7.63. The SMILES string of the molecule is CCC1CC[C@](C)(c2ccccc2N(c2nc(-c3cccc([Si](c4ccccc4)(c4ccccc4)c4ccccc4)c3)nc(-c3cccc4c3oc3c([Si](c5ccccc5)(c5ccccc5)c5ccccc5)cccc34)n2)c2ccccc2C)C1. The molecule has 2 heterocycles. The molecular weight excluding hydrogens is 1070 g/mol. The summed E-state index contributed by atoms with van der Waals surface area (Å²) in [5.41, 5.74) is 7.74. The smallest absolute Gasteiger partial charge is 0.238 e. The Kier molecular flexibility index (Phi) is 14.2. The number of aromatic nitrogens is 3. The van der Waals surface area contributed by atoms with Crippen LogP contribution in [0.5, 0.6) is 0 Å². The molecular formula is C78H66N4OSi2. The maximum absolute atomic E-state index is 7.63. The van der Waals surface area contributed by atoms with Gasteiger partial charge < -0.3 is 4.42 Å². The zero-order chi connectivity index (χ0) is 57.4. The fourth-order valence-electron chi connectivity index (χ4n) is 14.3. The molecule has 85 heavy (non-hydrogen) atoms. The van der Waals surface area contributed by atoms with Gasteiger partial charge in [0.15, 0.2) is 27.8 Å². The van der Waals surface area contributed by atoms with Gasteiger partial charge in [-0.2, -0.15) is 9.97 Å². The number of para-hydroxylation sites is 4. The quantitative estimate of drug-likeness (QED) is 0.0756. The minimum absolute atomic E-state index is 0.0547. The summed E-state index contributed by atoms with van der Waals surface area (Å²) in [6.45, 7) is 7.00. The number of rotatable bonds is 15. The van der Waals surface area contributed by atoms with Crippen molar-refractivity contribution < 1.29 is 4.42 Å². The molecule has 2 aromatic heterocycles. The molecule has 14 rings (SSSR count). The van der Waals surface area contributed by atoms with Crippen LogP contribution in [-0.4, -0.2) is 31.1 Å². The first-order valence-corrected chi connectivity index (χ1v) is 34.0. The summed E-state index contributed by atoms with van der Waals surface area (Å²) in [7, 11) is -6.02. The molecule has 0 radical (unpaired) electrons. The van der Waals surface area contributed by atoms with Gasteiger partial charge in [-0.05, 0) is 108 Å². The Morgan fingerprint density at radius 3 is 1.45 bits per heavy atom. The molecule has 0 amide bonds. The highest BCUT2D eigenvalue weighted by Crippen LogP contribution is 2.50. The van der Waals surface area contributed by atoms with Crippen molar-refractivity contribution in [2.45, 2.75) is 51.9 Å². The van der Waals surface area contributed by atoms with E-state index < -0.39 is 16.1 Å². The van der Waals surface area contributed by atoms with Gasteiger partial charge in [-0.1, -0.05) is 293 Å². The lowest BCUT2D eigenvalue weighted by atomic mass is 9.78. The molecule has 0 spiro atoms. The molecule has 0 saturated heterocycles. The van der Waals surface area contributed by atoms with E-state index in [0.717, 1.165) is 62.8 Å². The Hall–Kier alpha value is -9.54. The van der Waals surface area contributed by atoms with Crippen LogP contribution in [0.1, 0.15) is 50.7 Å². The predicted octanol–water partition coefficient (Wildman–Crippen LogP) is 14.1. The van der Waals surface area contributed by atoms with Gasteiger partial charge in [0, 0.05) is 16.3 Å². The highest BCUT2D eigenvalue weighted by molar-refractivity contribution is 7.21. The molecule has 5 nitrogen and oxygen atoms in total. The Morgan fingerprint density at radius 2 is 0.906 bits per heavy atom. The van der Waals surface area contributed by atoms with E-state index in [2.05, 4.69) is 317 Å². The molecule has 1 aliphatic carbocycles. The van der Waals surface area contributed by atoms with Crippen LogP contribution in [0.4, 0.5) is 17.3 Å². The summed E-state index contributed by atoms with van der Waals surface area (Å²) in [6.07, 6.45) is 4.61. The Balaban J connectivity index is 1.05. The molecule has 11 aromatic carbocycles. The Morgan fingerprint density at radius 1 is 0.447 bits per heavy atom. The second-order valence-electron chi connectivity index (χ2n) is 23.2. The largest absolute Gasteiger partial charge is 0.455 e. The van der Waals surface area contributed by atoms with Gasteiger partial charge in [0.2, 0.25) is 5.95 Å². The van der Waals surface area contributed by atoms with Crippen LogP contribution in [0.15, 0.2) is 296 Å². The van der Waals surface area contributed by atoms with Crippen molar-refractivity contribution in [3.8, 4) is 22.8 Å². The molecule has 1 aliphatic rings. The fraction of sp³-hybridized carbons (Fsp3) is 0.115. The predicted molar refractivity (Wildman–Crippen MR) is 360 cm³/mol. The van der Waals surface area contributed by atoms with E-state index in [1.807, 2.05) is 0 Å². The summed E-state index contributed by atoms with van der Waals surface area (Å²) in [5.74, 6) is 2.30. The van der Waals surface area contributed by atoms with Crippen molar-refractivity contribution in [2.24, 2.45) is 5.92 Å². The van der Waals surface area contributed by atoms with E-state index in [4.69, 9.17) is 19.4 Å². The van der Waals surface area contributed by atoms with Crippen molar-refractivity contribution in [3.05, 3.63) is 302 Å². The Bertz CT molecular complexity index is 4290. The minimum atomic E-state index is -3.04. The summed E-state index contributed by atoms with van der Waals surface area (Å²) in [5, 5.41) is 12.2. The first-order chi connectivity index (χ1) is 41.9. The van der Waals surface area contributed by atoms with Gasteiger partial charge in [-0.25, -0.2) is 4.98 Å². The van der Waals surface area contributed by atoms with Gasteiger partial charge in [-0.3, -0.25) is 4.90 Å². The molecule has 0 bridgehead atoms. The first-order valence-electron chi connectivity index (χ1n) is 30.0. The van der Waals surface area contributed by atoms with Crippen molar-refractivity contribution in [1.29, 1.82) is 0 Å².